The first kappa shape index (κ1) is 16.5. The van der Waals surface area contributed by atoms with Crippen LogP contribution in [0.15, 0.2) is 42.5 Å². The second kappa shape index (κ2) is 7.45. The SMILES string of the molecule is CCOc1ccc(CNc2nc(CCl)nc3cccc(F)c23)cc1. The van der Waals surface area contributed by atoms with E-state index in [1.807, 2.05) is 31.2 Å². The van der Waals surface area contributed by atoms with Crippen LogP contribution in [-0.4, -0.2) is 16.6 Å². The summed E-state index contributed by atoms with van der Waals surface area (Å²) >= 11 is 5.84. The van der Waals surface area contributed by atoms with Crippen molar-refractivity contribution in [1.29, 1.82) is 0 Å². The van der Waals surface area contributed by atoms with Crippen molar-refractivity contribution in [1.82, 2.24) is 9.97 Å². The minimum Gasteiger partial charge on any atom is -0.494 e. The molecule has 0 atom stereocenters. The number of rotatable bonds is 6. The molecule has 0 spiro atoms. The largest absolute Gasteiger partial charge is 0.494 e. The second-order valence-electron chi connectivity index (χ2n) is 5.19. The van der Waals surface area contributed by atoms with Crippen molar-refractivity contribution in [3.63, 3.8) is 0 Å². The Bertz CT molecular complexity index is 840. The van der Waals surface area contributed by atoms with E-state index in [-0.39, 0.29) is 11.7 Å². The molecule has 24 heavy (non-hydrogen) atoms. The summed E-state index contributed by atoms with van der Waals surface area (Å²) in [6.07, 6.45) is 0. The predicted molar refractivity (Wildman–Crippen MR) is 94.0 cm³/mol. The number of aromatic nitrogens is 2. The zero-order valence-electron chi connectivity index (χ0n) is 13.2. The van der Waals surface area contributed by atoms with Crippen molar-refractivity contribution >= 4 is 28.3 Å². The van der Waals surface area contributed by atoms with Crippen LogP contribution in [0.2, 0.25) is 0 Å². The topological polar surface area (TPSA) is 47.0 Å². The summed E-state index contributed by atoms with van der Waals surface area (Å²) in [7, 11) is 0. The van der Waals surface area contributed by atoms with Crippen LogP contribution >= 0.6 is 11.6 Å². The number of hydrogen-bond donors (Lipinski definition) is 1. The number of alkyl halides is 1. The maximum absolute atomic E-state index is 14.2. The molecule has 4 nitrogen and oxygen atoms in total. The lowest BCUT2D eigenvalue weighted by Gasteiger charge is -2.11. The van der Waals surface area contributed by atoms with Gasteiger partial charge in [0, 0.05) is 6.54 Å². The van der Waals surface area contributed by atoms with Gasteiger partial charge in [0.25, 0.3) is 0 Å². The van der Waals surface area contributed by atoms with Gasteiger partial charge >= 0.3 is 0 Å². The predicted octanol–water partition coefficient (Wildman–Crippen LogP) is 4.52. The molecule has 3 rings (SSSR count). The molecule has 6 heteroatoms. The van der Waals surface area contributed by atoms with E-state index in [9.17, 15) is 4.39 Å². The van der Waals surface area contributed by atoms with Gasteiger partial charge in [0.05, 0.1) is 23.4 Å². The molecule has 3 aromatic rings. The highest BCUT2D eigenvalue weighted by Gasteiger charge is 2.11. The standard InChI is InChI=1S/C18H17ClFN3O/c1-2-24-13-8-6-12(7-9-13)11-21-18-17-14(20)4-3-5-15(17)22-16(10-19)23-18/h3-9H,2,10-11H2,1H3,(H,21,22,23). The lowest BCUT2D eigenvalue weighted by molar-refractivity contribution is 0.340. The Balaban J connectivity index is 1.86. The van der Waals surface area contributed by atoms with E-state index >= 15 is 0 Å². The molecule has 0 unspecified atom stereocenters. The van der Waals surface area contributed by atoms with Crippen molar-refractivity contribution < 1.29 is 9.13 Å². The molecule has 0 amide bonds. The molecule has 0 saturated heterocycles. The number of halogens is 2. The Kier molecular flexibility index (Phi) is 5.11. The number of fused-ring (bicyclic) bond motifs is 1. The molecule has 1 heterocycles. The molecule has 0 radical (unpaired) electrons. The number of nitrogens with zero attached hydrogens (tertiary/aromatic N) is 2. The van der Waals surface area contributed by atoms with Crippen LogP contribution in [0.25, 0.3) is 10.9 Å². The monoisotopic (exact) mass is 345 g/mol. The molecule has 0 aliphatic heterocycles. The highest BCUT2D eigenvalue weighted by Crippen LogP contribution is 2.24. The van der Waals surface area contributed by atoms with E-state index in [4.69, 9.17) is 16.3 Å². The van der Waals surface area contributed by atoms with Gasteiger partial charge in [0.2, 0.25) is 0 Å². The summed E-state index contributed by atoms with van der Waals surface area (Å²) in [6, 6.07) is 12.5. The minimum atomic E-state index is -0.359. The van der Waals surface area contributed by atoms with Crippen LogP contribution in [-0.2, 0) is 12.4 Å². The molecule has 2 aromatic carbocycles. The fraction of sp³-hybridized carbons (Fsp3) is 0.222. The maximum Gasteiger partial charge on any atom is 0.146 e. The van der Waals surface area contributed by atoms with E-state index < -0.39 is 0 Å². The first-order valence-corrected chi connectivity index (χ1v) is 8.21. The normalized spacial score (nSPS) is 10.8. The maximum atomic E-state index is 14.2. The van der Waals surface area contributed by atoms with Gasteiger partial charge in [0.15, 0.2) is 0 Å². The van der Waals surface area contributed by atoms with Crippen LogP contribution < -0.4 is 10.1 Å². The summed E-state index contributed by atoms with van der Waals surface area (Å²) in [5.41, 5.74) is 1.57. The van der Waals surface area contributed by atoms with Crippen LogP contribution in [0, 0.1) is 5.82 Å². The quantitative estimate of drug-likeness (QED) is 0.667. The van der Waals surface area contributed by atoms with Gasteiger partial charge < -0.3 is 10.1 Å². The molecule has 0 bridgehead atoms. The zero-order valence-corrected chi connectivity index (χ0v) is 14.0. The van der Waals surface area contributed by atoms with Crippen molar-refractivity contribution in [2.24, 2.45) is 0 Å². The molecule has 0 aliphatic carbocycles. The van der Waals surface area contributed by atoms with Crippen molar-refractivity contribution in [3.8, 4) is 5.75 Å². The molecule has 1 N–H and O–H groups in total. The van der Waals surface area contributed by atoms with E-state index in [1.54, 1.807) is 12.1 Å². The van der Waals surface area contributed by atoms with Gasteiger partial charge in [-0.05, 0) is 36.8 Å². The number of ether oxygens (including phenoxy) is 1. The van der Waals surface area contributed by atoms with Crippen LogP contribution in [0.4, 0.5) is 10.2 Å². The second-order valence-corrected chi connectivity index (χ2v) is 5.45. The number of hydrogen-bond acceptors (Lipinski definition) is 4. The Morgan fingerprint density at radius 1 is 1.12 bits per heavy atom. The lowest BCUT2D eigenvalue weighted by atomic mass is 10.2. The fourth-order valence-electron chi connectivity index (χ4n) is 2.43. The Morgan fingerprint density at radius 3 is 2.62 bits per heavy atom. The highest BCUT2D eigenvalue weighted by atomic mass is 35.5. The summed E-state index contributed by atoms with van der Waals surface area (Å²) in [6.45, 7) is 3.08. The van der Waals surface area contributed by atoms with E-state index in [1.165, 1.54) is 6.07 Å². The molecule has 0 aliphatic rings. The lowest BCUT2D eigenvalue weighted by Crippen LogP contribution is -2.06. The Labute approximate surface area is 144 Å². The van der Waals surface area contributed by atoms with Crippen molar-refractivity contribution in [3.05, 3.63) is 59.7 Å². The molecular formula is C18H17ClFN3O. The van der Waals surface area contributed by atoms with Gasteiger partial charge in [-0.2, -0.15) is 0 Å². The average molecular weight is 346 g/mol. The third kappa shape index (κ3) is 3.57. The molecule has 0 saturated carbocycles. The minimum absolute atomic E-state index is 0.171. The fourth-order valence-corrected chi connectivity index (χ4v) is 2.55. The highest BCUT2D eigenvalue weighted by molar-refractivity contribution is 6.16. The van der Waals surface area contributed by atoms with Crippen LogP contribution in [0.5, 0.6) is 5.75 Å². The first-order chi connectivity index (χ1) is 11.7. The average Bonchev–Trinajstić information content (AvgIpc) is 2.61. The van der Waals surface area contributed by atoms with Crippen LogP contribution in [0.1, 0.15) is 18.3 Å². The summed E-state index contributed by atoms with van der Waals surface area (Å²) in [5, 5.41) is 3.55. The summed E-state index contributed by atoms with van der Waals surface area (Å²) in [5.74, 6) is 1.54. The van der Waals surface area contributed by atoms with E-state index in [2.05, 4.69) is 15.3 Å². The van der Waals surface area contributed by atoms with Crippen molar-refractivity contribution in [2.75, 3.05) is 11.9 Å². The van der Waals surface area contributed by atoms with Gasteiger partial charge in [-0.15, -0.1) is 11.6 Å². The Morgan fingerprint density at radius 2 is 1.92 bits per heavy atom. The smallest absolute Gasteiger partial charge is 0.146 e. The summed E-state index contributed by atoms with van der Waals surface area (Å²) in [4.78, 5) is 8.59. The van der Waals surface area contributed by atoms with Crippen LogP contribution in [0.3, 0.4) is 0 Å². The zero-order chi connectivity index (χ0) is 16.9. The molecule has 0 fully saturated rings. The van der Waals surface area contributed by atoms with E-state index in [0.29, 0.717) is 35.7 Å². The Hall–Kier alpha value is -2.40. The van der Waals surface area contributed by atoms with Crippen molar-refractivity contribution in [2.45, 2.75) is 19.3 Å². The van der Waals surface area contributed by atoms with E-state index in [0.717, 1.165) is 11.3 Å². The molecular weight excluding hydrogens is 329 g/mol. The summed E-state index contributed by atoms with van der Waals surface area (Å²) < 4.78 is 19.6. The van der Waals surface area contributed by atoms with Gasteiger partial charge in [-0.25, -0.2) is 14.4 Å². The molecule has 124 valence electrons. The molecule has 1 aromatic heterocycles. The first-order valence-electron chi connectivity index (χ1n) is 7.68. The van der Waals surface area contributed by atoms with Gasteiger partial charge in [-0.1, -0.05) is 18.2 Å². The number of anilines is 1. The third-order valence-electron chi connectivity index (χ3n) is 3.53. The van der Waals surface area contributed by atoms with Gasteiger partial charge in [-0.3, -0.25) is 0 Å². The number of nitrogens with one attached hydrogen (secondary N) is 1. The number of benzene rings is 2. The van der Waals surface area contributed by atoms with Gasteiger partial charge in [0.1, 0.15) is 23.2 Å². The third-order valence-corrected chi connectivity index (χ3v) is 3.77.